The predicted octanol–water partition coefficient (Wildman–Crippen LogP) is 3.33. The molecule has 1 aromatic carbocycles. The molecule has 0 saturated carbocycles. The molecule has 2 N–H and O–H groups in total. The van der Waals surface area contributed by atoms with Gasteiger partial charge in [0, 0.05) is 30.3 Å². The van der Waals surface area contributed by atoms with E-state index in [4.69, 9.17) is 5.73 Å². The molecular weight excluding hydrogens is 260 g/mol. The Kier molecular flexibility index (Phi) is 3.77. The van der Waals surface area contributed by atoms with Crippen molar-refractivity contribution in [1.82, 2.24) is 9.38 Å². The Morgan fingerprint density at radius 2 is 2.10 bits per heavy atom. The number of nitrogen functional groups attached to an aromatic ring is 1. The summed E-state index contributed by atoms with van der Waals surface area (Å²) in [6.45, 7) is 3.96. The molecule has 0 amide bonds. The van der Waals surface area contributed by atoms with Crippen LogP contribution in [0, 0.1) is 0 Å². The third-order valence-corrected chi connectivity index (χ3v) is 3.50. The highest BCUT2D eigenvalue weighted by Gasteiger charge is 2.09. The van der Waals surface area contributed by atoms with Gasteiger partial charge in [0.05, 0.1) is 12.2 Å². The summed E-state index contributed by atoms with van der Waals surface area (Å²) in [7, 11) is 0. The number of imidazole rings is 1. The number of rotatable bonds is 5. The van der Waals surface area contributed by atoms with Crippen molar-refractivity contribution >= 4 is 17.0 Å². The summed E-state index contributed by atoms with van der Waals surface area (Å²) in [5.41, 5.74) is 9.89. The maximum Gasteiger partial charge on any atom is 0.137 e. The van der Waals surface area contributed by atoms with Crippen molar-refractivity contribution in [3.05, 3.63) is 60.6 Å². The fraction of sp³-hybridized carbons (Fsp3) is 0.235. The van der Waals surface area contributed by atoms with E-state index in [9.17, 15) is 0 Å². The number of benzene rings is 1. The molecule has 0 unspecified atom stereocenters. The van der Waals surface area contributed by atoms with Gasteiger partial charge in [-0.3, -0.25) is 0 Å². The van der Waals surface area contributed by atoms with Crippen molar-refractivity contribution in [2.75, 3.05) is 17.2 Å². The molecular formula is C17H20N4. The standard InChI is InChI=1S/C17H20N4/c1-2-9-20(16-7-5-6-14(18)11-16)12-15-13-21-10-4-3-8-17(21)19-15/h3-8,10-11,13H,2,9,12,18H2,1H3. The van der Waals surface area contributed by atoms with Gasteiger partial charge >= 0.3 is 0 Å². The first-order valence-corrected chi connectivity index (χ1v) is 7.29. The molecule has 21 heavy (non-hydrogen) atoms. The largest absolute Gasteiger partial charge is 0.399 e. The molecule has 0 aliphatic rings. The van der Waals surface area contributed by atoms with Gasteiger partial charge in [-0.2, -0.15) is 0 Å². The van der Waals surface area contributed by atoms with E-state index in [0.29, 0.717) is 0 Å². The summed E-state index contributed by atoms with van der Waals surface area (Å²) >= 11 is 0. The maximum absolute atomic E-state index is 5.90. The Morgan fingerprint density at radius 3 is 2.86 bits per heavy atom. The van der Waals surface area contributed by atoms with Crippen LogP contribution in [0.2, 0.25) is 0 Å². The molecule has 0 aliphatic heterocycles. The zero-order chi connectivity index (χ0) is 14.7. The summed E-state index contributed by atoms with van der Waals surface area (Å²) in [5, 5.41) is 0. The third-order valence-electron chi connectivity index (χ3n) is 3.50. The van der Waals surface area contributed by atoms with Gasteiger partial charge in [0.2, 0.25) is 0 Å². The van der Waals surface area contributed by atoms with Crippen LogP contribution >= 0.6 is 0 Å². The van der Waals surface area contributed by atoms with Gasteiger partial charge in [-0.25, -0.2) is 4.98 Å². The van der Waals surface area contributed by atoms with E-state index >= 15 is 0 Å². The minimum Gasteiger partial charge on any atom is -0.399 e. The van der Waals surface area contributed by atoms with Gasteiger partial charge in [-0.05, 0) is 36.8 Å². The van der Waals surface area contributed by atoms with Crippen molar-refractivity contribution in [2.45, 2.75) is 19.9 Å². The summed E-state index contributed by atoms with van der Waals surface area (Å²) in [5.74, 6) is 0. The molecule has 2 heterocycles. The predicted molar refractivity (Wildman–Crippen MR) is 87.4 cm³/mol. The molecule has 0 saturated heterocycles. The molecule has 0 atom stereocenters. The number of anilines is 2. The Morgan fingerprint density at radius 1 is 1.19 bits per heavy atom. The van der Waals surface area contributed by atoms with Crippen LogP contribution in [0.25, 0.3) is 5.65 Å². The average Bonchev–Trinajstić information content (AvgIpc) is 2.89. The normalized spacial score (nSPS) is 10.9. The maximum atomic E-state index is 5.90. The lowest BCUT2D eigenvalue weighted by atomic mass is 10.2. The Balaban J connectivity index is 1.87. The fourth-order valence-corrected chi connectivity index (χ4v) is 2.55. The van der Waals surface area contributed by atoms with Crippen LogP contribution in [0.5, 0.6) is 0 Å². The van der Waals surface area contributed by atoms with Crippen LogP contribution in [0.15, 0.2) is 54.9 Å². The van der Waals surface area contributed by atoms with Crippen molar-refractivity contribution in [1.29, 1.82) is 0 Å². The first-order valence-electron chi connectivity index (χ1n) is 7.29. The van der Waals surface area contributed by atoms with Gasteiger partial charge in [-0.15, -0.1) is 0 Å². The fourth-order valence-electron chi connectivity index (χ4n) is 2.55. The lowest BCUT2D eigenvalue weighted by Gasteiger charge is -2.23. The van der Waals surface area contributed by atoms with Crippen LogP contribution in [0.1, 0.15) is 19.0 Å². The lowest BCUT2D eigenvalue weighted by molar-refractivity contribution is 0.757. The molecule has 3 aromatic rings. The molecule has 0 aliphatic carbocycles. The smallest absolute Gasteiger partial charge is 0.137 e. The Labute approximate surface area is 124 Å². The molecule has 4 nitrogen and oxygen atoms in total. The Hall–Kier alpha value is -2.49. The van der Waals surface area contributed by atoms with Gasteiger partial charge in [0.15, 0.2) is 0 Å². The van der Waals surface area contributed by atoms with E-state index in [-0.39, 0.29) is 0 Å². The highest BCUT2D eigenvalue weighted by molar-refractivity contribution is 5.56. The number of pyridine rings is 1. The topological polar surface area (TPSA) is 46.6 Å². The summed E-state index contributed by atoms with van der Waals surface area (Å²) < 4.78 is 2.05. The molecule has 4 heteroatoms. The number of fused-ring (bicyclic) bond motifs is 1. The average molecular weight is 280 g/mol. The summed E-state index contributed by atoms with van der Waals surface area (Å²) in [6, 6.07) is 14.1. The summed E-state index contributed by atoms with van der Waals surface area (Å²) in [4.78, 5) is 6.99. The first-order chi connectivity index (χ1) is 10.3. The molecule has 2 aromatic heterocycles. The van der Waals surface area contributed by atoms with Crippen molar-refractivity contribution in [3.63, 3.8) is 0 Å². The summed E-state index contributed by atoms with van der Waals surface area (Å²) in [6.07, 6.45) is 5.20. The van der Waals surface area contributed by atoms with E-state index in [0.717, 1.165) is 42.2 Å². The van der Waals surface area contributed by atoms with Crippen LogP contribution in [-0.2, 0) is 6.54 Å². The molecule has 3 rings (SSSR count). The van der Waals surface area contributed by atoms with E-state index in [2.05, 4.69) is 33.5 Å². The highest BCUT2D eigenvalue weighted by atomic mass is 15.1. The molecule has 108 valence electrons. The molecule has 0 spiro atoms. The SMILES string of the molecule is CCCN(Cc1cn2ccccc2n1)c1cccc(N)c1. The van der Waals surface area contributed by atoms with Gasteiger partial charge < -0.3 is 15.0 Å². The highest BCUT2D eigenvalue weighted by Crippen LogP contribution is 2.20. The van der Waals surface area contributed by atoms with Crippen LogP contribution in [-0.4, -0.2) is 15.9 Å². The van der Waals surface area contributed by atoms with Gasteiger partial charge in [-0.1, -0.05) is 19.1 Å². The minimum atomic E-state index is 0.791. The third kappa shape index (κ3) is 2.99. The van der Waals surface area contributed by atoms with Crippen molar-refractivity contribution in [2.24, 2.45) is 0 Å². The first kappa shape index (κ1) is 13.5. The van der Waals surface area contributed by atoms with E-state index in [1.165, 1.54) is 0 Å². The minimum absolute atomic E-state index is 0.791. The van der Waals surface area contributed by atoms with Crippen LogP contribution in [0.3, 0.4) is 0 Å². The van der Waals surface area contributed by atoms with Crippen molar-refractivity contribution < 1.29 is 0 Å². The number of hydrogen-bond acceptors (Lipinski definition) is 3. The van der Waals surface area contributed by atoms with Gasteiger partial charge in [0.1, 0.15) is 5.65 Å². The second kappa shape index (κ2) is 5.87. The zero-order valence-electron chi connectivity index (χ0n) is 12.2. The van der Waals surface area contributed by atoms with E-state index in [1.54, 1.807) is 0 Å². The van der Waals surface area contributed by atoms with Crippen LogP contribution in [0.4, 0.5) is 11.4 Å². The lowest BCUT2D eigenvalue weighted by Crippen LogP contribution is -2.23. The van der Waals surface area contributed by atoms with Gasteiger partial charge in [0.25, 0.3) is 0 Å². The van der Waals surface area contributed by atoms with Crippen LogP contribution < -0.4 is 10.6 Å². The molecule has 0 bridgehead atoms. The second-order valence-corrected chi connectivity index (χ2v) is 5.21. The van der Waals surface area contributed by atoms with Crippen molar-refractivity contribution in [3.8, 4) is 0 Å². The quantitative estimate of drug-likeness (QED) is 0.729. The second-order valence-electron chi connectivity index (χ2n) is 5.21. The van der Waals surface area contributed by atoms with E-state index < -0.39 is 0 Å². The number of nitrogens with two attached hydrogens (primary N) is 1. The Bertz CT molecular complexity index is 699. The number of aromatic nitrogens is 2. The number of hydrogen-bond donors (Lipinski definition) is 1. The monoisotopic (exact) mass is 280 g/mol. The molecule has 0 radical (unpaired) electrons. The number of nitrogens with zero attached hydrogens (tertiary/aromatic N) is 3. The zero-order valence-corrected chi connectivity index (χ0v) is 12.2. The molecule has 0 fully saturated rings. The van der Waals surface area contributed by atoms with E-state index in [1.807, 2.05) is 42.6 Å².